The number of rotatable bonds is 11. The van der Waals surface area contributed by atoms with Gasteiger partial charge in [0.1, 0.15) is 18.1 Å². The van der Waals surface area contributed by atoms with E-state index in [0.29, 0.717) is 61.2 Å². The van der Waals surface area contributed by atoms with Gasteiger partial charge >= 0.3 is 0 Å². The van der Waals surface area contributed by atoms with Crippen molar-refractivity contribution in [1.82, 2.24) is 9.80 Å². The number of hydrogen-bond acceptors (Lipinski definition) is 8. The van der Waals surface area contributed by atoms with Gasteiger partial charge in [0.15, 0.2) is 11.5 Å². The lowest BCUT2D eigenvalue weighted by molar-refractivity contribution is -0.140. The SMILES string of the molecule is COc1ccc(C2/C(=C(\O)c3ccc(OCc4ccccc4)cc3)C(=O)C(=O)N2CCCN2CCOCC2)cc1OC. The first-order valence-corrected chi connectivity index (χ1v) is 14.1. The van der Waals surface area contributed by atoms with E-state index in [2.05, 4.69) is 4.90 Å². The van der Waals surface area contributed by atoms with Gasteiger partial charge in [-0.2, -0.15) is 0 Å². The average molecular weight is 573 g/mol. The lowest BCUT2D eigenvalue weighted by atomic mass is 9.95. The molecular formula is C33H36N2O7. The summed E-state index contributed by atoms with van der Waals surface area (Å²) in [6, 6.07) is 21.2. The molecule has 2 saturated heterocycles. The Labute approximate surface area is 245 Å². The number of carbonyl (C=O) groups excluding carboxylic acids is 2. The van der Waals surface area contributed by atoms with E-state index in [1.54, 1.807) is 54.5 Å². The third-order valence-corrected chi connectivity index (χ3v) is 7.62. The molecule has 1 amide bonds. The molecular weight excluding hydrogens is 536 g/mol. The van der Waals surface area contributed by atoms with Crippen LogP contribution < -0.4 is 14.2 Å². The van der Waals surface area contributed by atoms with E-state index in [0.717, 1.165) is 25.2 Å². The predicted molar refractivity (Wildman–Crippen MR) is 158 cm³/mol. The van der Waals surface area contributed by atoms with Crippen LogP contribution >= 0.6 is 0 Å². The quantitative estimate of drug-likeness (QED) is 0.205. The maximum absolute atomic E-state index is 13.5. The van der Waals surface area contributed by atoms with Crippen molar-refractivity contribution in [2.24, 2.45) is 0 Å². The Hall–Kier alpha value is -4.34. The number of aliphatic hydroxyl groups is 1. The predicted octanol–water partition coefficient (Wildman–Crippen LogP) is 4.43. The Kier molecular flexibility index (Phi) is 9.41. The summed E-state index contributed by atoms with van der Waals surface area (Å²) >= 11 is 0. The van der Waals surface area contributed by atoms with Crippen molar-refractivity contribution in [2.75, 3.05) is 53.6 Å². The summed E-state index contributed by atoms with van der Waals surface area (Å²) in [7, 11) is 3.07. The molecule has 3 aromatic carbocycles. The van der Waals surface area contributed by atoms with Crippen LogP contribution in [-0.4, -0.2) is 80.2 Å². The summed E-state index contributed by atoms with van der Waals surface area (Å²) < 4.78 is 22.2. The zero-order valence-corrected chi connectivity index (χ0v) is 24.0. The second-order valence-corrected chi connectivity index (χ2v) is 10.2. The number of morpholine rings is 1. The first kappa shape index (κ1) is 29.2. The Balaban J connectivity index is 1.43. The Morgan fingerprint density at radius 2 is 1.62 bits per heavy atom. The fraction of sp³-hybridized carbons (Fsp3) is 0.333. The van der Waals surface area contributed by atoms with Gasteiger partial charge < -0.3 is 29.0 Å². The summed E-state index contributed by atoms with van der Waals surface area (Å²) in [6.45, 7) is 4.57. The van der Waals surface area contributed by atoms with E-state index in [-0.39, 0.29) is 11.3 Å². The second kappa shape index (κ2) is 13.5. The minimum absolute atomic E-state index is 0.0385. The molecule has 42 heavy (non-hydrogen) atoms. The van der Waals surface area contributed by atoms with E-state index >= 15 is 0 Å². The molecule has 1 N–H and O–H groups in total. The third-order valence-electron chi connectivity index (χ3n) is 7.62. The van der Waals surface area contributed by atoms with Crippen LogP contribution in [0.25, 0.3) is 5.76 Å². The topological polar surface area (TPSA) is 97.8 Å². The third kappa shape index (κ3) is 6.42. The number of benzene rings is 3. The van der Waals surface area contributed by atoms with Crippen molar-refractivity contribution in [2.45, 2.75) is 19.1 Å². The minimum Gasteiger partial charge on any atom is -0.507 e. The van der Waals surface area contributed by atoms with Crippen molar-refractivity contribution in [3.8, 4) is 17.2 Å². The molecule has 1 atom stereocenters. The number of carbonyl (C=O) groups is 2. The Morgan fingerprint density at radius 3 is 2.31 bits per heavy atom. The molecule has 9 nitrogen and oxygen atoms in total. The summed E-state index contributed by atoms with van der Waals surface area (Å²) in [5.41, 5.74) is 2.13. The highest BCUT2D eigenvalue weighted by Crippen LogP contribution is 2.42. The number of likely N-dealkylation sites (tertiary alicyclic amines) is 1. The Morgan fingerprint density at radius 1 is 0.905 bits per heavy atom. The maximum Gasteiger partial charge on any atom is 0.295 e. The summed E-state index contributed by atoms with van der Waals surface area (Å²) in [5.74, 6) is 0.0171. The lowest BCUT2D eigenvalue weighted by Gasteiger charge is -2.29. The van der Waals surface area contributed by atoms with Crippen LogP contribution in [0.1, 0.15) is 29.2 Å². The van der Waals surface area contributed by atoms with Gasteiger partial charge in [0.25, 0.3) is 11.7 Å². The summed E-state index contributed by atoms with van der Waals surface area (Å²) in [5, 5.41) is 11.5. The van der Waals surface area contributed by atoms with E-state index in [9.17, 15) is 14.7 Å². The number of amides is 1. The van der Waals surface area contributed by atoms with Gasteiger partial charge in [0.2, 0.25) is 0 Å². The molecule has 5 rings (SSSR count). The van der Waals surface area contributed by atoms with Crippen molar-refractivity contribution >= 4 is 17.4 Å². The first-order valence-electron chi connectivity index (χ1n) is 14.1. The molecule has 2 aliphatic heterocycles. The average Bonchev–Trinajstić information content (AvgIpc) is 3.29. The normalized spacial score (nSPS) is 18.7. The molecule has 1 unspecified atom stereocenters. The van der Waals surface area contributed by atoms with Crippen LogP contribution in [0.15, 0.2) is 78.4 Å². The number of nitrogens with zero attached hydrogens (tertiary/aromatic N) is 2. The van der Waals surface area contributed by atoms with Gasteiger partial charge in [-0.15, -0.1) is 0 Å². The summed E-state index contributed by atoms with van der Waals surface area (Å²) in [6.07, 6.45) is 0.671. The smallest absolute Gasteiger partial charge is 0.295 e. The van der Waals surface area contributed by atoms with Crippen LogP contribution in [0, 0.1) is 0 Å². The molecule has 0 saturated carbocycles. The molecule has 9 heteroatoms. The van der Waals surface area contributed by atoms with E-state index in [1.165, 1.54) is 7.11 Å². The van der Waals surface area contributed by atoms with Crippen LogP contribution in [0.5, 0.6) is 17.2 Å². The zero-order chi connectivity index (χ0) is 29.5. The van der Waals surface area contributed by atoms with E-state index in [1.807, 2.05) is 30.3 Å². The summed E-state index contributed by atoms with van der Waals surface area (Å²) in [4.78, 5) is 30.7. The molecule has 220 valence electrons. The Bertz CT molecular complexity index is 1420. The number of Topliss-reactive ketones (excluding diaryl/α,β-unsaturated/α-hetero) is 1. The fourth-order valence-electron chi connectivity index (χ4n) is 5.37. The monoisotopic (exact) mass is 572 g/mol. The van der Waals surface area contributed by atoms with Gasteiger partial charge in [0.05, 0.1) is 39.0 Å². The van der Waals surface area contributed by atoms with Gasteiger partial charge in [-0.05, 0) is 53.9 Å². The fourth-order valence-corrected chi connectivity index (χ4v) is 5.37. The number of ether oxygens (including phenoxy) is 4. The molecule has 0 bridgehead atoms. The zero-order valence-electron chi connectivity index (χ0n) is 24.0. The van der Waals surface area contributed by atoms with Gasteiger partial charge in [-0.25, -0.2) is 0 Å². The molecule has 0 radical (unpaired) electrons. The van der Waals surface area contributed by atoms with Crippen molar-refractivity contribution in [3.05, 3.63) is 95.1 Å². The maximum atomic E-state index is 13.5. The highest BCUT2D eigenvalue weighted by atomic mass is 16.5. The number of ketones is 1. The largest absolute Gasteiger partial charge is 0.507 e. The minimum atomic E-state index is -0.788. The lowest BCUT2D eigenvalue weighted by Crippen LogP contribution is -2.38. The molecule has 2 heterocycles. The molecule has 0 aromatic heterocycles. The standard InChI is InChI=1S/C33H36N2O7/c1-39-27-14-11-25(21-28(27)40-2)30-29(32(37)33(38)35(30)16-6-15-34-17-19-41-20-18-34)31(36)24-9-12-26(13-10-24)42-22-23-7-4-3-5-8-23/h3-5,7-14,21,30,36H,6,15-20,22H2,1-2H3/b31-29+. The van der Waals surface area contributed by atoms with Crippen LogP contribution in [0.3, 0.4) is 0 Å². The number of hydrogen-bond donors (Lipinski definition) is 1. The molecule has 2 fully saturated rings. The van der Waals surface area contributed by atoms with E-state index in [4.69, 9.17) is 18.9 Å². The molecule has 0 aliphatic carbocycles. The van der Waals surface area contributed by atoms with Gasteiger partial charge in [-0.3, -0.25) is 14.5 Å². The highest BCUT2D eigenvalue weighted by Gasteiger charge is 2.46. The van der Waals surface area contributed by atoms with Crippen molar-refractivity contribution in [1.29, 1.82) is 0 Å². The highest BCUT2D eigenvalue weighted by molar-refractivity contribution is 6.46. The van der Waals surface area contributed by atoms with E-state index < -0.39 is 17.7 Å². The molecule has 2 aliphatic rings. The van der Waals surface area contributed by atoms with Crippen LogP contribution in [0.2, 0.25) is 0 Å². The second-order valence-electron chi connectivity index (χ2n) is 10.2. The molecule has 3 aromatic rings. The van der Waals surface area contributed by atoms with Gasteiger partial charge in [-0.1, -0.05) is 36.4 Å². The van der Waals surface area contributed by atoms with Crippen LogP contribution in [-0.2, 0) is 20.9 Å². The van der Waals surface area contributed by atoms with Gasteiger partial charge in [0, 0.05) is 31.7 Å². The first-order chi connectivity index (χ1) is 20.5. The molecule has 0 spiro atoms. The van der Waals surface area contributed by atoms with Crippen molar-refractivity contribution < 1.29 is 33.6 Å². The van der Waals surface area contributed by atoms with Crippen molar-refractivity contribution in [3.63, 3.8) is 0 Å². The van der Waals surface area contributed by atoms with Crippen LogP contribution in [0.4, 0.5) is 0 Å². The number of methoxy groups -OCH3 is 2. The number of aliphatic hydroxyl groups excluding tert-OH is 1.